The van der Waals surface area contributed by atoms with Gasteiger partial charge in [0.25, 0.3) is 0 Å². The molecule has 1 amide bonds. The molecule has 0 atom stereocenters. The molecule has 2 rings (SSSR count). The largest absolute Gasteiger partial charge is 0.325 e. The Morgan fingerprint density at radius 2 is 1.75 bits per heavy atom. The maximum absolute atomic E-state index is 12.3. The second-order valence-electron chi connectivity index (χ2n) is 6.04. The van der Waals surface area contributed by atoms with Crippen LogP contribution in [0.4, 0.5) is 5.69 Å². The summed E-state index contributed by atoms with van der Waals surface area (Å²) in [7, 11) is 0. The van der Waals surface area contributed by atoms with Crippen molar-refractivity contribution in [3.63, 3.8) is 0 Å². The molecule has 0 aliphatic heterocycles. The number of hydrogen-bond donors (Lipinski definition) is 1. The number of benzene rings is 2. The molecule has 2 aromatic carbocycles. The molecule has 3 nitrogen and oxygen atoms in total. The van der Waals surface area contributed by atoms with Gasteiger partial charge in [0, 0.05) is 30.8 Å². The van der Waals surface area contributed by atoms with Crippen LogP contribution in [0.3, 0.4) is 0 Å². The van der Waals surface area contributed by atoms with Gasteiger partial charge in [0.15, 0.2) is 0 Å². The summed E-state index contributed by atoms with van der Waals surface area (Å²) in [5.41, 5.74) is 4.12. The predicted molar refractivity (Wildman–Crippen MR) is 102 cm³/mol. The van der Waals surface area contributed by atoms with E-state index in [4.69, 9.17) is 0 Å². The van der Waals surface area contributed by atoms with Crippen LogP contribution in [0.5, 0.6) is 0 Å². The van der Waals surface area contributed by atoms with E-state index in [0.29, 0.717) is 6.42 Å². The lowest BCUT2D eigenvalue weighted by molar-refractivity contribution is -0.116. The van der Waals surface area contributed by atoms with E-state index in [1.807, 2.05) is 49.4 Å². The van der Waals surface area contributed by atoms with Crippen molar-refractivity contribution in [2.75, 3.05) is 25.0 Å². The zero-order valence-electron chi connectivity index (χ0n) is 14.6. The molecule has 24 heavy (non-hydrogen) atoms. The van der Waals surface area contributed by atoms with Crippen LogP contribution in [-0.4, -0.2) is 30.4 Å². The SMILES string of the molecule is C=C(C)CN(CC)CCC(=O)Nc1ccccc1-c1ccccc1. The quantitative estimate of drug-likeness (QED) is 0.722. The Kier molecular flexibility index (Phi) is 6.76. The molecule has 0 saturated carbocycles. The summed E-state index contributed by atoms with van der Waals surface area (Å²) in [4.78, 5) is 14.6. The molecular formula is C21H26N2O. The average molecular weight is 322 g/mol. The van der Waals surface area contributed by atoms with E-state index >= 15 is 0 Å². The first-order chi connectivity index (χ1) is 11.6. The number of likely N-dealkylation sites (N-methyl/N-ethyl adjacent to an activating group) is 1. The predicted octanol–water partition coefficient (Wildman–Crippen LogP) is 4.58. The van der Waals surface area contributed by atoms with Crippen molar-refractivity contribution in [2.45, 2.75) is 20.3 Å². The van der Waals surface area contributed by atoms with Crippen LogP contribution in [-0.2, 0) is 4.79 Å². The summed E-state index contributed by atoms with van der Waals surface area (Å²) in [6, 6.07) is 18.0. The van der Waals surface area contributed by atoms with Gasteiger partial charge in [-0.1, -0.05) is 67.6 Å². The third-order valence-electron chi connectivity index (χ3n) is 3.88. The number of nitrogens with one attached hydrogen (secondary N) is 1. The highest BCUT2D eigenvalue weighted by atomic mass is 16.1. The van der Waals surface area contributed by atoms with Crippen molar-refractivity contribution in [3.05, 3.63) is 66.7 Å². The Morgan fingerprint density at radius 3 is 2.42 bits per heavy atom. The fourth-order valence-electron chi connectivity index (χ4n) is 2.66. The molecule has 0 unspecified atom stereocenters. The van der Waals surface area contributed by atoms with E-state index in [9.17, 15) is 4.79 Å². The van der Waals surface area contributed by atoms with Gasteiger partial charge >= 0.3 is 0 Å². The average Bonchev–Trinajstić information content (AvgIpc) is 2.59. The van der Waals surface area contributed by atoms with E-state index in [-0.39, 0.29) is 5.91 Å². The van der Waals surface area contributed by atoms with Crippen molar-refractivity contribution in [1.29, 1.82) is 0 Å². The minimum absolute atomic E-state index is 0.0403. The second kappa shape index (κ2) is 9.04. The van der Waals surface area contributed by atoms with Gasteiger partial charge in [-0.15, -0.1) is 0 Å². The molecule has 3 heteroatoms. The smallest absolute Gasteiger partial charge is 0.225 e. The van der Waals surface area contributed by atoms with Crippen molar-refractivity contribution in [1.82, 2.24) is 4.90 Å². The lowest BCUT2D eigenvalue weighted by Crippen LogP contribution is -2.29. The van der Waals surface area contributed by atoms with Crippen LogP contribution in [0.2, 0.25) is 0 Å². The Bertz CT molecular complexity index is 679. The van der Waals surface area contributed by atoms with Crippen molar-refractivity contribution < 1.29 is 4.79 Å². The molecule has 0 aliphatic carbocycles. The zero-order valence-corrected chi connectivity index (χ0v) is 14.6. The van der Waals surface area contributed by atoms with Crippen molar-refractivity contribution >= 4 is 11.6 Å². The number of nitrogens with zero attached hydrogens (tertiary/aromatic N) is 1. The number of anilines is 1. The summed E-state index contributed by atoms with van der Waals surface area (Å²) in [5.74, 6) is 0.0403. The van der Waals surface area contributed by atoms with Gasteiger partial charge in [0.2, 0.25) is 5.91 Å². The van der Waals surface area contributed by atoms with Gasteiger partial charge < -0.3 is 5.32 Å². The highest BCUT2D eigenvalue weighted by Crippen LogP contribution is 2.27. The summed E-state index contributed by atoms with van der Waals surface area (Å²) in [5, 5.41) is 3.05. The lowest BCUT2D eigenvalue weighted by Gasteiger charge is -2.20. The number of amides is 1. The molecule has 0 heterocycles. The number of carbonyl (C=O) groups excluding carboxylic acids is 1. The Hall–Kier alpha value is -2.39. The summed E-state index contributed by atoms with van der Waals surface area (Å²) in [6.07, 6.45) is 0.476. The standard InChI is InChI=1S/C21H26N2O/c1-4-23(16-17(2)3)15-14-21(24)22-20-13-9-8-12-19(20)18-10-6-5-7-11-18/h5-13H,2,4,14-16H2,1,3H3,(H,22,24). The van der Waals surface area contributed by atoms with Gasteiger partial charge in [0.05, 0.1) is 0 Å². The lowest BCUT2D eigenvalue weighted by atomic mass is 10.0. The van der Waals surface area contributed by atoms with E-state index in [2.05, 4.69) is 35.9 Å². The monoisotopic (exact) mass is 322 g/mol. The topological polar surface area (TPSA) is 32.3 Å². The third kappa shape index (κ3) is 5.36. The fourth-order valence-corrected chi connectivity index (χ4v) is 2.66. The van der Waals surface area contributed by atoms with Crippen molar-refractivity contribution in [3.8, 4) is 11.1 Å². The van der Waals surface area contributed by atoms with Crippen LogP contribution >= 0.6 is 0 Å². The minimum Gasteiger partial charge on any atom is -0.325 e. The number of para-hydroxylation sites is 1. The van der Waals surface area contributed by atoms with E-state index in [0.717, 1.165) is 42.0 Å². The summed E-state index contributed by atoms with van der Waals surface area (Å²) in [6.45, 7) is 10.6. The van der Waals surface area contributed by atoms with E-state index < -0.39 is 0 Å². The highest BCUT2D eigenvalue weighted by Gasteiger charge is 2.10. The first-order valence-electron chi connectivity index (χ1n) is 8.41. The van der Waals surface area contributed by atoms with Gasteiger partial charge in [-0.2, -0.15) is 0 Å². The molecule has 0 radical (unpaired) electrons. The summed E-state index contributed by atoms with van der Waals surface area (Å²) >= 11 is 0. The van der Waals surface area contributed by atoms with E-state index in [1.54, 1.807) is 0 Å². The van der Waals surface area contributed by atoms with Gasteiger partial charge in [-0.25, -0.2) is 0 Å². The molecule has 0 spiro atoms. The Labute approximate surface area is 145 Å². The zero-order chi connectivity index (χ0) is 17.4. The first-order valence-corrected chi connectivity index (χ1v) is 8.41. The van der Waals surface area contributed by atoms with Crippen LogP contribution < -0.4 is 5.32 Å². The molecule has 0 aliphatic rings. The second-order valence-corrected chi connectivity index (χ2v) is 6.04. The van der Waals surface area contributed by atoms with Crippen molar-refractivity contribution in [2.24, 2.45) is 0 Å². The third-order valence-corrected chi connectivity index (χ3v) is 3.88. The highest BCUT2D eigenvalue weighted by molar-refractivity contribution is 5.95. The number of carbonyl (C=O) groups is 1. The van der Waals surface area contributed by atoms with E-state index in [1.165, 1.54) is 0 Å². The van der Waals surface area contributed by atoms with Gasteiger partial charge in [0.1, 0.15) is 0 Å². The van der Waals surface area contributed by atoms with Gasteiger partial charge in [-0.3, -0.25) is 9.69 Å². The summed E-state index contributed by atoms with van der Waals surface area (Å²) < 4.78 is 0. The minimum atomic E-state index is 0.0403. The maximum Gasteiger partial charge on any atom is 0.225 e. The van der Waals surface area contributed by atoms with Crippen LogP contribution in [0.15, 0.2) is 66.7 Å². The maximum atomic E-state index is 12.3. The van der Waals surface area contributed by atoms with Crippen LogP contribution in [0, 0.1) is 0 Å². The number of hydrogen-bond acceptors (Lipinski definition) is 2. The molecule has 2 aromatic rings. The fraction of sp³-hybridized carbons (Fsp3) is 0.286. The normalized spacial score (nSPS) is 10.6. The Morgan fingerprint density at radius 1 is 1.08 bits per heavy atom. The van der Waals surface area contributed by atoms with Crippen LogP contribution in [0.1, 0.15) is 20.3 Å². The Balaban J connectivity index is 2.01. The molecule has 126 valence electrons. The number of rotatable bonds is 8. The molecule has 0 saturated heterocycles. The molecule has 0 bridgehead atoms. The molecule has 1 N–H and O–H groups in total. The van der Waals surface area contributed by atoms with Gasteiger partial charge in [-0.05, 0) is 25.1 Å². The molecule has 0 fully saturated rings. The molecule has 0 aromatic heterocycles. The molecular weight excluding hydrogens is 296 g/mol. The first kappa shape index (κ1) is 18.0. The van der Waals surface area contributed by atoms with Crippen LogP contribution in [0.25, 0.3) is 11.1 Å².